The highest BCUT2D eigenvalue weighted by molar-refractivity contribution is 5.93. The van der Waals surface area contributed by atoms with Crippen LogP contribution in [0.25, 0.3) is 0 Å². The number of carbonyl (C=O) groups is 4. The highest BCUT2D eigenvalue weighted by Crippen LogP contribution is 2.27. The van der Waals surface area contributed by atoms with Crippen LogP contribution in [0.15, 0.2) is 6.07 Å². The number of carboxylic acids is 1. The van der Waals surface area contributed by atoms with Gasteiger partial charge in [-0.1, -0.05) is 0 Å². The van der Waals surface area contributed by atoms with Gasteiger partial charge in [0.15, 0.2) is 23.2 Å². The summed E-state index contributed by atoms with van der Waals surface area (Å²) >= 11 is 0. The lowest BCUT2D eigenvalue weighted by Gasteiger charge is -2.32. The highest BCUT2D eigenvalue weighted by Gasteiger charge is 2.33. The van der Waals surface area contributed by atoms with E-state index < -0.39 is 71.9 Å². The SMILES string of the molecule is Cc1cc(F)c(F)c(OCC(=O)[C@H](CC(=O)O)NC(=O)[C@@H]2CCCN(C(=O)OC3CCCC3)C2)c1F. The predicted molar refractivity (Wildman–Crippen MR) is 119 cm³/mol. The normalized spacial score (nSPS) is 19.0. The largest absolute Gasteiger partial charge is 0.481 e. The lowest BCUT2D eigenvalue weighted by molar-refractivity contribution is -0.141. The van der Waals surface area contributed by atoms with Crippen molar-refractivity contribution in [1.29, 1.82) is 0 Å². The molecule has 0 bridgehead atoms. The number of hydrogen-bond donors (Lipinski definition) is 2. The Hall–Kier alpha value is -3.31. The molecule has 1 aromatic rings. The summed E-state index contributed by atoms with van der Waals surface area (Å²) < 4.78 is 52.0. The van der Waals surface area contributed by atoms with E-state index in [-0.39, 0.29) is 18.2 Å². The van der Waals surface area contributed by atoms with E-state index in [0.29, 0.717) is 25.5 Å². The molecule has 2 aliphatic rings. The minimum absolute atomic E-state index is 0.0425. The Balaban J connectivity index is 1.61. The van der Waals surface area contributed by atoms with Gasteiger partial charge in [-0.05, 0) is 57.1 Å². The zero-order valence-electron chi connectivity index (χ0n) is 19.9. The third kappa shape index (κ3) is 6.88. The van der Waals surface area contributed by atoms with Crippen molar-refractivity contribution in [2.75, 3.05) is 19.7 Å². The Kier molecular flexibility index (Phi) is 9.16. The molecule has 1 saturated heterocycles. The Morgan fingerprint density at radius 1 is 1.11 bits per heavy atom. The Bertz CT molecular complexity index is 988. The summed E-state index contributed by atoms with van der Waals surface area (Å²) in [5.74, 6) is -9.04. The van der Waals surface area contributed by atoms with Gasteiger partial charge in [0.2, 0.25) is 11.7 Å². The summed E-state index contributed by atoms with van der Waals surface area (Å²) in [6.07, 6.45) is 3.04. The van der Waals surface area contributed by atoms with Crippen molar-refractivity contribution in [2.45, 2.75) is 64.0 Å². The van der Waals surface area contributed by atoms with E-state index in [0.717, 1.165) is 25.7 Å². The van der Waals surface area contributed by atoms with Gasteiger partial charge >= 0.3 is 12.1 Å². The molecule has 198 valence electrons. The predicted octanol–water partition coefficient (Wildman–Crippen LogP) is 3.11. The molecule has 2 amide bonds. The molecule has 3 rings (SSSR count). The molecule has 0 unspecified atom stereocenters. The molecule has 1 heterocycles. The number of piperidine rings is 1. The standard InChI is InChI=1S/C24H29F3N2O7/c1-13-9-16(25)21(27)22(20(13)26)35-12-18(30)17(10-19(31)32)28-23(33)14-5-4-8-29(11-14)24(34)36-15-6-2-3-7-15/h9,14-15,17H,2-8,10-12H2,1H3,(H,28,33)(H,31,32)/t14-,17+/m1/s1. The lowest BCUT2D eigenvalue weighted by Crippen LogP contribution is -2.51. The molecule has 1 saturated carbocycles. The van der Waals surface area contributed by atoms with Crippen molar-refractivity contribution < 1.29 is 46.9 Å². The van der Waals surface area contributed by atoms with E-state index in [1.807, 2.05) is 0 Å². The smallest absolute Gasteiger partial charge is 0.410 e. The Labute approximate surface area is 205 Å². The number of benzene rings is 1. The van der Waals surface area contributed by atoms with Gasteiger partial charge < -0.3 is 24.8 Å². The number of Topliss-reactive ketones (excluding diaryl/α,β-unsaturated/α-hetero) is 1. The summed E-state index contributed by atoms with van der Waals surface area (Å²) in [4.78, 5) is 50.6. The van der Waals surface area contributed by atoms with E-state index in [2.05, 4.69) is 5.32 Å². The van der Waals surface area contributed by atoms with E-state index in [1.165, 1.54) is 11.8 Å². The molecule has 1 aliphatic carbocycles. The van der Waals surface area contributed by atoms with Gasteiger partial charge in [0.05, 0.1) is 12.3 Å². The molecule has 2 atom stereocenters. The number of nitrogens with zero attached hydrogens (tertiary/aromatic N) is 1. The molecule has 0 spiro atoms. The van der Waals surface area contributed by atoms with Crippen LogP contribution in [0.1, 0.15) is 50.5 Å². The molecule has 36 heavy (non-hydrogen) atoms. The first-order valence-electron chi connectivity index (χ1n) is 11.8. The van der Waals surface area contributed by atoms with Crippen LogP contribution in [0, 0.1) is 30.3 Å². The molecule has 2 fully saturated rings. The van der Waals surface area contributed by atoms with Crippen molar-refractivity contribution in [2.24, 2.45) is 5.92 Å². The average Bonchev–Trinajstić information content (AvgIpc) is 3.35. The zero-order valence-corrected chi connectivity index (χ0v) is 19.9. The van der Waals surface area contributed by atoms with Crippen LogP contribution < -0.4 is 10.1 Å². The number of rotatable bonds is 9. The first-order valence-corrected chi connectivity index (χ1v) is 11.8. The minimum atomic E-state index is -1.63. The van der Waals surface area contributed by atoms with Gasteiger partial charge in [0, 0.05) is 13.1 Å². The average molecular weight is 514 g/mol. The number of ketones is 1. The fraction of sp³-hybridized carbons (Fsp3) is 0.583. The maximum Gasteiger partial charge on any atom is 0.410 e. The van der Waals surface area contributed by atoms with Crippen molar-refractivity contribution in [3.63, 3.8) is 0 Å². The number of carboxylic acid groups (broad SMARTS) is 1. The number of aliphatic carboxylic acids is 1. The molecule has 2 N–H and O–H groups in total. The minimum Gasteiger partial charge on any atom is -0.481 e. The van der Waals surface area contributed by atoms with Crippen molar-refractivity contribution in [1.82, 2.24) is 10.2 Å². The molecule has 0 radical (unpaired) electrons. The van der Waals surface area contributed by atoms with Crippen LogP contribution >= 0.6 is 0 Å². The van der Waals surface area contributed by atoms with Crippen LogP contribution in [-0.2, 0) is 19.1 Å². The number of hydrogen-bond acceptors (Lipinski definition) is 6. The topological polar surface area (TPSA) is 122 Å². The van der Waals surface area contributed by atoms with Gasteiger partial charge in [-0.25, -0.2) is 13.6 Å². The van der Waals surface area contributed by atoms with E-state index >= 15 is 0 Å². The summed E-state index contributed by atoms with van der Waals surface area (Å²) in [6.45, 7) is 0.627. The van der Waals surface area contributed by atoms with E-state index in [1.54, 1.807) is 0 Å². The van der Waals surface area contributed by atoms with Crippen LogP contribution in [0.2, 0.25) is 0 Å². The molecule has 1 aromatic carbocycles. The van der Waals surface area contributed by atoms with Gasteiger partial charge in [-0.3, -0.25) is 14.4 Å². The summed E-state index contributed by atoms with van der Waals surface area (Å²) in [7, 11) is 0. The van der Waals surface area contributed by atoms with E-state index in [4.69, 9.17) is 14.6 Å². The highest BCUT2D eigenvalue weighted by atomic mass is 19.2. The summed E-state index contributed by atoms with van der Waals surface area (Å²) in [5, 5.41) is 11.5. The third-order valence-corrected chi connectivity index (χ3v) is 6.36. The fourth-order valence-electron chi connectivity index (χ4n) is 4.36. The maximum absolute atomic E-state index is 14.1. The second-order valence-corrected chi connectivity index (χ2v) is 9.12. The number of ether oxygens (including phenoxy) is 2. The number of nitrogens with one attached hydrogen (secondary N) is 1. The summed E-state index contributed by atoms with van der Waals surface area (Å²) in [5.41, 5.74) is -0.250. The lowest BCUT2D eigenvalue weighted by atomic mass is 9.96. The monoisotopic (exact) mass is 514 g/mol. The first kappa shape index (κ1) is 27.3. The maximum atomic E-state index is 14.1. The Morgan fingerprint density at radius 2 is 1.81 bits per heavy atom. The van der Waals surface area contributed by atoms with Gasteiger partial charge in [-0.15, -0.1) is 0 Å². The quantitative estimate of drug-likeness (QED) is 0.486. The molecule has 0 aromatic heterocycles. The van der Waals surface area contributed by atoms with Crippen LogP contribution in [0.5, 0.6) is 5.75 Å². The number of aryl methyl sites for hydroxylation is 1. The number of carbonyl (C=O) groups excluding carboxylic acids is 3. The second-order valence-electron chi connectivity index (χ2n) is 9.12. The second kappa shape index (κ2) is 12.1. The first-order chi connectivity index (χ1) is 17.1. The van der Waals surface area contributed by atoms with Gasteiger partial charge in [0.25, 0.3) is 0 Å². The van der Waals surface area contributed by atoms with Crippen molar-refractivity contribution in [3.8, 4) is 5.75 Å². The molecular formula is C24H29F3N2O7. The number of likely N-dealkylation sites (tertiary alicyclic amines) is 1. The van der Waals surface area contributed by atoms with Crippen LogP contribution in [0.3, 0.4) is 0 Å². The number of halogens is 3. The van der Waals surface area contributed by atoms with Gasteiger partial charge in [0.1, 0.15) is 18.8 Å². The van der Waals surface area contributed by atoms with Crippen molar-refractivity contribution >= 4 is 23.8 Å². The van der Waals surface area contributed by atoms with Crippen LogP contribution in [0.4, 0.5) is 18.0 Å². The van der Waals surface area contributed by atoms with Gasteiger partial charge in [-0.2, -0.15) is 4.39 Å². The fourth-order valence-corrected chi connectivity index (χ4v) is 4.36. The van der Waals surface area contributed by atoms with Crippen molar-refractivity contribution in [3.05, 3.63) is 29.1 Å². The number of amides is 2. The molecular weight excluding hydrogens is 485 g/mol. The Morgan fingerprint density at radius 3 is 2.47 bits per heavy atom. The molecule has 12 heteroatoms. The molecule has 9 nitrogen and oxygen atoms in total. The summed E-state index contributed by atoms with van der Waals surface area (Å²) in [6, 6.07) is -0.930. The van der Waals surface area contributed by atoms with E-state index in [9.17, 15) is 32.3 Å². The third-order valence-electron chi connectivity index (χ3n) is 6.36. The van der Waals surface area contributed by atoms with Crippen LogP contribution in [-0.4, -0.2) is 65.6 Å². The zero-order chi connectivity index (χ0) is 26.4. The molecule has 1 aliphatic heterocycles.